The van der Waals surface area contributed by atoms with Crippen LogP contribution >= 0.6 is 0 Å². The van der Waals surface area contributed by atoms with Gasteiger partial charge in [-0.25, -0.2) is 0 Å². The first-order valence-corrected chi connectivity index (χ1v) is 5.09. The van der Waals surface area contributed by atoms with Gasteiger partial charge in [0.2, 0.25) is 0 Å². The van der Waals surface area contributed by atoms with Gasteiger partial charge in [0, 0.05) is 0 Å². The molecule has 1 aliphatic rings. The third-order valence-corrected chi connectivity index (χ3v) is 2.49. The summed E-state index contributed by atoms with van der Waals surface area (Å²) in [5.41, 5.74) is 0. The van der Waals surface area contributed by atoms with Crippen LogP contribution in [0.3, 0.4) is 0 Å². The maximum atomic E-state index is 11.0. The van der Waals surface area contributed by atoms with Crippen LogP contribution in [0.25, 0.3) is 0 Å². The second kappa shape index (κ2) is 5.81. The number of hydrogen-bond donors (Lipinski definition) is 0. The van der Waals surface area contributed by atoms with E-state index in [4.69, 9.17) is 4.74 Å². The lowest BCUT2D eigenvalue weighted by molar-refractivity contribution is -0.146. The fourth-order valence-electron chi connectivity index (χ4n) is 1.76. The van der Waals surface area contributed by atoms with Gasteiger partial charge in [-0.3, -0.25) is 4.79 Å². The largest absolute Gasteiger partial charge is 0.469 e. The van der Waals surface area contributed by atoms with E-state index < -0.39 is 0 Å². The fraction of sp³-hybridized carbons (Fsp3) is 0.727. The summed E-state index contributed by atoms with van der Waals surface area (Å²) in [6, 6.07) is 0. The minimum absolute atomic E-state index is 0.0427. The zero-order valence-corrected chi connectivity index (χ0v) is 8.70. The third kappa shape index (κ3) is 3.50. The summed E-state index contributed by atoms with van der Waals surface area (Å²) in [5.74, 6) is -0.186. The normalized spacial score (nSPS) is 26.9. The molecule has 80 valence electrons. The van der Waals surface area contributed by atoms with E-state index in [1.807, 2.05) is 6.08 Å². The molecule has 0 amide bonds. The maximum absolute atomic E-state index is 11.0. The Hall–Kier alpha value is -0.830. The van der Waals surface area contributed by atoms with Crippen molar-refractivity contribution in [3.8, 4) is 0 Å². The van der Waals surface area contributed by atoms with E-state index in [1.54, 1.807) is 0 Å². The Morgan fingerprint density at radius 2 is 2.29 bits per heavy atom. The molecule has 2 atom stereocenters. The number of ether oxygens (including phenoxy) is 2. The molecule has 1 saturated heterocycles. The van der Waals surface area contributed by atoms with Crippen molar-refractivity contribution in [3.63, 3.8) is 0 Å². The summed E-state index contributed by atoms with van der Waals surface area (Å²) in [6.45, 7) is 3.69. The molecule has 1 rings (SSSR count). The van der Waals surface area contributed by atoms with Gasteiger partial charge in [-0.1, -0.05) is 6.08 Å². The highest BCUT2D eigenvalue weighted by molar-refractivity contribution is 5.69. The molecule has 0 aromatic rings. The highest BCUT2D eigenvalue weighted by atomic mass is 16.5. The molecule has 0 N–H and O–H groups in total. The van der Waals surface area contributed by atoms with Crippen LogP contribution in [0.2, 0.25) is 0 Å². The Balaban J connectivity index is 2.32. The fourth-order valence-corrected chi connectivity index (χ4v) is 1.76. The van der Waals surface area contributed by atoms with E-state index in [1.165, 1.54) is 7.11 Å². The Bertz CT molecular complexity index is 201. The molecule has 14 heavy (non-hydrogen) atoms. The van der Waals surface area contributed by atoms with Gasteiger partial charge < -0.3 is 9.47 Å². The molecule has 0 radical (unpaired) electrons. The molecule has 0 bridgehead atoms. The summed E-state index contributed by atoms with van der Waals surface area (Å²) < 4.78 is 10.3. The average molecular weight is 198 g/mol. The first kappa shape index (κ1) is 11.2. The van der Waals surface area contributed by atoms with Crippen molar-refractivity contribution in [2.45, 2.75) is 44.3 Å². The van der Waals surface area contributed by atoms with Gasteiger partial charge in [0.05, 0.1) is 25.7 Å². The first-order valence-electron chi connectivity index (χ1n) is 5.09. The van der Waals surface area contributed by atoms with E-state index in [9.17, 15) is 4.79 Å². The highest BCUT2D eigenvalue weighted by Gasteiger charge is 2.23. The van der Waals surface area contributed by atoms with Crippen LogP contribution in [-0.2, 0) is 14.3 Å². The molecule has 1 heterocycles. The predicted octanol–water partition coefficient (Wildman–Crippen LogP) is 2.06. The van der Waals surface area contributed by atoms with Crippen LogP contribution in [0.4, 0.5) is 0 Å². The summed E-state index contributed by atoms with van der Waals surface area (Å²) in [5, 5.41) is 0. The SMILES string of the molecule is C=CC[C@@H]1CCCC(CC(=O)OC)O1. The van der Waals surface area contributed by atoms with Crippen molar-refractivity contribution in [1.29, 1.82) is 0 Å². The van der Waals surface area contributed by atoms with Gasteiger partial charge in [0.15, 0.2) is 0 Å². The maximum Gasteiger partial charge on any atom is 0.308 e. The molecule has 1 aliphatic heterocycles. The van der Waals surface area contributed by atoms with Crippen LogP contribution < -0.4 is 0 Å². The van der Waals surface area contributed by atoms with Crippen LogP contribution in [0.1, 0.15) is 32.1 Å². The number of methoxy groups -OCH3 is 1. The van der Waals surface area contributed by atoms with E-state index >= 15 is 0 Å². The van der Waals surface area contributed by atoms with E-state index in [0.717, 1.165) is 25.7 Å². The lowest BCUT2D eigenvalue weighted by Gasteiger charge is -2.28. The Morgan fingerprint density at radius 1 is 1.57 bits per heavy atom. The highest BCUT2D eigenvalue weighted by Crippen LogP contribution is 2.23. The molecule has 1 unspecified atom stereocenters. The van der Waals surface area contributed by atoms with E-state index in [-0.39, 0.29) is 18.2 Å². The molecule has 1 fully saturated rings. The Labute approximate surface area is 85.1 Å². The van der Waals surface area contributed by atoms with Crippen molar-refractivity contribution in [2.75, 3.05) is 7.11 Å². The van der Waals surface area contributed by atoms with E-state index in [0.29, 0.717) is 6.42 Å². The molecule has 0 aromatic carbocycles. The molecular formula is C11H18O3. The van der Waals surface area contributed by atoms with Gasteiger partial charge in [0.1, 0.15) is 0 Å². The lowest BCUT2D eigenvalue weighted by atomic mass is 10.0. The average Bonchev–Trinajstić information content (AvgIpc) is 2.19. The summed E-state index contributed by atoms with van der Waals surface area (Å²) in [6.07, 6.45) is 6.57. The molecule has 3 nitrogen and oxygen atoms in total. The lowest BCUT2D eigenvalue weighted by Crippen LogP contribution is -2.29. The van der Waals surface area contributed by atoms with Crippen molar-refractivity contribution in [3.05, 3.63) is 12.7 Å². The minimum Gasteiger partial charge on any atom is -0.469 e. The van der Waals surface area contributed by atoms with Gasteiger partial charge in [0.25, 0.3) is 0 Å². The monoisotopic (exact) mass is 198 g/mol. The first-order chi connectivity index (χ1) is 6.76. The summed E-state index contributed by atoms with van der Waals surface area (Å²) in [4.78, 5) is 11.0. The molecule has 0 aromatic heterocycles. The quantitative estimate of drug-likeness (QED) is 0.512. The molecule has 3 heteroatoms. The topological polar surface area (TPSA) is 35.5 Å². The Kier molecular flexibility index (Phi) is 4.66. The van der Waals surface area contributed by atoms with Gasteiger partial charge in [-0.2, -0.15) is 0 Å². The van der Waals surface area contributed by atoms with Crippen molar-refractivity contribution in [2.24, 2.45) is 0 Å². The van der Waals surface area contributed by atoms with Crippen molar-refractivity contribution >= 4 is 5.97 Å². The summed E-state index contributed by atoms with van der Waals surface area (Å²) >= 11 is 0. The summed E-state index contributed by atoms with van der Waals surface area (Å²) in [7, 11) is 1.41. The standard InChI is InChI=1S/C11H18O3/c1-3-5-9-6-4-7-10(14-9)8-11(12)13-2/h3,9-10H,1,4-8H2,2H3/t9-,10?/m1/s1. The van der Waals surface area contributed by atoms with Gasteiger partial charge in [-0.15, -0.1) is 6.58 Å². The van der Waals surface area contributed by atoms with Crippen LogP contribution in [0.5, 0.6) is 0 Å². The number of carbonyl (C=O) groups excluding carboxylic acids is 1. The molecule has 0 aliphatic carbocycles. The van der Waals surface area contributed by atoms with Crippen molar-refractivity contribution in [1.82, 2.24) is 0 Å². The number of esters is 1. The van der Waals surface area contributed by atoms with Crippen LogP contribution in [0.15, 0.2) is 12.7 Å². The minimum atomic E-state index is -0.186. The third-order valence-electron chi connectivity index (χ3n) is 2.49. The second-order valence-electron chi connectivity index (χ2n) is 3.62. The van der Waals surface area contributed by atoms with Crippen molar-refractivity contribution < 1.29 is 14.3 Å². The van der Waals surface area contributed by atoms with Gasteiger partial charge in [-0.05, 0) is 25.7 Å². The predicted molar refractivity (Wildman–Crippen MR) is 54.0 cm³/mol. The molecule has 0 saturated carbocycles. The zero-order valence-electron chi connectivity index (χ0n) is 8.70. The van der Waals surface area contributed by atoms with Crippen LogP contribution in [-0.4, -0.2) is 25.3 Å². The van der Waals surface area contributed by atoms with Crippen LogP contribution in [0, 0.1) is 0 Å². The molecular weight excluding hydrogens is 180 g/mol. The number of rotatable bonds is 4. The number of carbonyl (C=O) groups is 1. The smallest absolute Gasteiger partial charge is 0.308 e. The zero-order chi connectivity index (χ0) is 10.4. The second-order valence-corrected chi connectivity index (χ2v) is 3.62. The van der Waals surface area contributed by atoms with E-state index in [2.05, 4.69) is 11.3 Å². The Morgan fingerprint density at radius 3 is 2.93 bits per heavy atom. The van der Waals surface area contributed by atoms with Gasteiger partial charge >= 0.3 is 5.97 Å². The number of hydrogen-bond acceptors (Lipinski definition) is 3. The molecule has 0 spiro atoms.